The Balaban J connectivity index is 1.28. The predicted octanol–water partition coefficient (Wildman–Crippen LogP) is 2.35. The molecule has 1 amide bonds. The van der Waals surface area contributed by atoms with Gasteiger partial charge in [0.25, 0.3) is 0 Å². The van der Waals surface area contributed by atoms with Gasteiger partial charge in [0, 0.05) is 38.6 Å². The van der Waals surface area contributed by atoms with Crippen LogP contribution in [0.15, 0.2) is 48.8 Å². The maximum Gasteiger partial charge on any atom is 0.227 e. The summed E-state index contributed by atoms with van der Waals surface area (Å²) in [6, 6.07) is 11.9. The van der Waals surface area contributed by atoms with Crippen LogP contribution in [0.5, 0.6) is 0 Å². The molecule has 0 aliphatic carbocycles. The predicted molar refractivity (Wildman–Crippen MR) is 112 cm³/mol. The fourth-order valence-corrected chi connectivity index (χ4v) is 5.99. The molecule has 2 aromatic rings. The van der Waals surface area contributed by atoms with Gasteiger partial charge in [-0.05, 0) is 48.9 Å². The zero-order valence-electron chi connectivity index (χ0n) is 16.7. The Labute approximate surface area is 172 Å². The van der Waals surface area contributed by atoms with Crippen LogP contribution in [-0.2, 0) is 21.2 Å². The highest BCUT2D eigenvalue weighted by Crippen LogP contribution is 2.31. The van der Waals surface area contributed by atoms with Crippen molar-refractivity contribution in [1.82, 2.24) is 14.2 Å². The minimum atomic E-state index is -3.35. The number of piperidine rings is 1. The van der Waals surface area contributed by atoms with Crippen molar-refractivity contribution in [3.05, 3.63) is 65.5 Å². The van der Waals surface area contributed by atoms with Crippen LogP contribution in [0.2, 0.25) is 0 Å². The van der Waals surface area contributed by atoms with Crippen LogP contribution in [0.25, 0.3) is 0 Å². The first-order chi connectivity index (χ1) is 13.9. The number of likely N-dealkylation sites (tertiary alicyclic amines) is 1. The van der Waals surface area contributed by atoms with E-state index in [1.807, 2.05) is 43.3 Å². The molecular weight excluding hydrogens is 386 g/mol. The van der Waals surface area contributed by atoms with Crippen LogP contribution < -0.4 is 0 Å². The van der Waals surface area contributed by atoms with Gasteiger partial charge in [0.15, 0.2) is 0 Å². The molecule has 1 aromatic heterocycles. The highest BCUT2D eigenvalue weighted by molar-refractivity contribution is 7.89. The molecule has 2 aliphatic rings. The van der Waals surface area contributed by atoms with Crippen molar-refractivity contribution in [3.63, 3.8) is 0 Å². The van der Waals surface area contributed by atoms with Gasteiger partial charge in [0.2, 0.25) is 15.9 Å². The number of carbonyl (C=O) groups is 1. The smallest absolute Gasteiger partial charge is 0.227 e. The number of sulfonamides is 1. The van der Waals surface area contributed by atoms with E-state index in [2.05, 4.69) is 4.98 Å². The number of aryl methyl sites for hydroxylation is 1. The lowest BCUT2D eigenvalue weighted by atomic mass is 9.91. The highest BCUT2D eigenvalue weighted by atomic mass is 32.2. The molecule has 2 fully saturated rings. The van der Waals surface area contributed by atoms with E-state index in [-0.39, 0.29) is 5.91 Å². The molecule has 0 spiro atoms. The van der Waals surface area contributed by atoms with Crippen molar-refractivity contribution in [2.45, 2.75) is 37.4 Å². The largest absolute Gasteiger partial charge is 0.340 e. The summed E-state index contributed by atoms with van der Waals surface area (Å²) in [6.07, 6.45) is 5.55. The van der Waals surface area contributed by atoms with E-state index in [0.717, 1.165) is 24.0 Å². The molecule has 29 heavy (non-hydrogen) atoms. The molecule has 0 radical (unpaired) electrons. The lowest BCUT2D eigenvalue weighted by Crippen LogP contribution is -2.60. The van der Waals surface area contributed by atoms with Gasteiger partial charge >= 0.3 is 0 Å². The zero-order chi connectivity index (χ0) is 20.4. The number of hydrogen-bond acceptors (Lipinski definition) is 4. The Morgan fingerprint density at radius 3 is 2.28 bits per heavy atom. The van der Waals surface area contributed by atoms with Gasteiger partial charge in [-0.15, -0.1) is 0 Å². The monoisotopic (exact) mass is 413 g/mol. The Morgan fingerprint density at radius 2 is 1.66 bits per heavy atom. The van der Waals surface area contributed by atoms with E-state index in [4.69, 9.17) is 0 Å². The van der Waals surface area contributed by atoms with Crippen molar-refractivity contribution in [1.29, 1.82) is 0 Å². The Hall–Kier alpha value is -2.25. The molecule has 0 N–H and O–H groups in total. The molecule has 0 unspecified atom stereocenters. The molecule has 0 bridgehead atoms. The highest BCUT2D eigenvalue weighted by Gasteiger charge is 2.43. The number of nitrogens with zero attached hydrogens (tertiary/aromatic N) is 3. The Morgan fingerprint density at radius 1 is 1.03 bits per heavy atom. The summed E-state index contributed by atoms with van der Waals surface area (Å²) in [5.74, 6) is 0.384. The fraction of sp³-hybridized carbons (Fsp3) is 0.455. The van der Waals surface area contributed by atoms with Crippen molar-refractivity contribution in [2.24, 2.45) is 0 Å². The van der Waals surface area contributed by atoms with Crippen molar-refractivity contribution >= 4 is 15.9 Å². The summed E-state index contributed by atoms with van der Waals surface area (Å²) in [6.45, 7) is 3.71. The van der Waals surface area contributed by atoms with Gasteiger partial charge in [-0.3, -0.25) is 9.78 Å². The number of benzene rings is 1. The number of rotatable bonds is 5. The third-order valence-electron chi connectivity index (χ3n) is 6.09. The topological polar surface area (TPSA) is 70.6 Å². The molecule has 6 nitrogen and oxygen atoms in total. The van der Waals surface area contributed by atoms with E-state index in [1.165, 1.54) is 5.56 Å². The van der Waals surface area contributed by atoms with Crippen LogP contribution in [0.3, 0.4) is 0 Å². The van der Waals surface area contributed by atoms with E-state index in [1.54, 1.807) is 21.6 Å². The average Bonchev–Trinajstić information content (AvgIpc) is 2.69. The van der Waals surface area contributed by atoms with Crippen LogP contribution in [-0.4, -0.2) is 59.9 Å². The second-order valence-corrected chi connectivity index (χ2v) is 10.3. The molecule has 2 saturated heterocycles. The number of aromatic nitrogens is 1. The SMILES string of the molecule is Cc1ccc(CC(=O)N2CC(S(=O)(=O)N3CCC(c4ccncc4)CC3)C2)cc1. The second-order valence-electron chi connectivity index (χ2n) is 8.08. The normalized spacial score (nSPS) is 19.1. The molecule has 1 aromatic carbocycles. The van der Waals surface area contributed by atoms with E-state index < -0.39 is 15.3 Å². The minimum Gasteiger partial charge on any atom is -0.340 e. The minimum absolute atomic E-state index is 0.00306. The fourth-order valence-electron chi connectivity index (χ4n) is 4.11. The van der Waals surface area contributed by atoms with Gasteiger partial charge < -0.3 is 4.90 Å². The molecule has 0 atom stereocenters. The van der Waals surface area contributed by atoms with Gasteiger partial charge in [-0.1, -0.05) is 29.8 Å². The average molecular weight is 414 g/mol. The summed E-state index contributed by atoms with van der Waals surface area (Å²) >= 11 is 0. The second kappa shape index (κ2) is 8.24. The lowest BCUT2D eigenvalue weighted by Gasteiger charge is -2.42. The zero-order valence-corrected chi connectivity index (χ0v) is 17.5. The van der Waals surface area contributed by atoms with Crippen LogP contribution in [0.1, 0.15) is 35.4 Å². The third kappa shape index (κ3) is 4.36. The Kier molecular flexibility index (Phi) is 5.69. The van der Waals surface area contributed by atoms with Gasteiger partial charge in [-0.25, -0.2) is 12.7 Å². The molecule has 7 heteroatoms. The van der Waals surface area contributed by atoms with Crippen molar-refractivity contribution < 1.29 is 13.2 Å². The van der Waals surface area contributed by atoms with E-state index in [9.17, 15) is 13.2 Å². The summed E-state index contributed by atoms with van der Waals surface area (Å²) in [5, 5.41) is -0.470. The molecule has 4 rings (SSSR count). The lowest BCUT2D eigenvalue weighted by molar-refractivity contribution is -0.133. The van der Waals surface area contributed by atoms with E-state index in [0.29, 0.717) is 38.5 Å². The first-order valence-electron chi connectivity index (χ1n) is 10.2. The molecule has 3 heterocycles. The van der Waals surface area contributed by atoms with Crippen LogP contribution in [0.4, 0.5) is 0 Å². The quantitative estimate of drug-likeness (QED) is 0.755. The summed E-state index contributed by atoms with van der Waals surface area (Å²) in [5.41, 5.74) is 3.35. The Bertz CT molecular complexity index is 947. The third-order valence-corrected chi connectivity index (χ3v) is 8.31. The summed E-state index contributed by atoms with van der Waals surface area (Å²) in [7, 11) is -3.35. The van der Waals surface area contributed by atoms with E-state index >= 15 is 0 Å². The number of pyridine rings is 1. The first-order valence-corrected chi connectivity index (χ1v) is 11.7. The van der Waals surface area contributed by atoms with Gasteiger partial charge in [0.1, 0.15) is 5.25 Å². The first kappa shape index (κ1) is 20.0. The number of carbonyl (C=O) groups excluding carboxylic acids is 1. The number of amides is 1. The van der Waals surface area contributed by atoms with Crippen LogP contribution in [0, 0.1) is 6.92 Å². The van der Waals surface area contributed by atoms with Crippen molar-refractivity contribution in [2.75, 3.05) is 26.2 Å². The summed E-state index contributed by atoms with van der Waals surface area (Å²) < 4.78 is 27.5. The maximum absolute atomic E-state index is 13.0. The van der Waals surface area contributed by atoms with Crippen molar-refractivity contribution in [3.8, 4) is 0 Å². The molecule has 2 aliphatic heterocycles. The summed E-state index contributed by atoms with van der Waals surface area (Å²) in [4.78, 5) is 18.1. The maximum atomic E-state index is 13.0. The molecular formula is C22H27N3O3S. The van der Waals surface area contributed by atoms with Gasteiger partial charge in [0.05, 0.1) is 6.42 Å². The number of hydrogen-bond donors (Lipinski definition) is 0. The molecule has 154 valence electrons. The standard InChI is InChI=1S/C22H27N3O3S/c1-17-2-4-18(5-3-17)14-22(26)24-15-21(16-24)29(27,28)25-12-8-20(9-13-25)19-6-10-23-11-7-19/h2-7,10-11,20-21H,8-9,12-16H2,1H3. The van der Waals surface area contributed by atoms with Crippen LogP contribution >= 0.6 is 0 Å². The van der Waals surface area contributed by atoms with Gasteiger partial charge in [-0.2, -0.15) is 0 Å². The molecule has 0 saturated carbocycles.